The molecule has 0 bridgehead atoms. The lowest BCUT2D eigenvalue weighted by atomic mass is 9.54. The van der Waals surface area contributed by atoms with Crippen LogP contribution in [0.15, 0.2) is 18.3 Å². The minimum atomic E-state index is -0.569. The van der Waals surface area contributed by atoms with Gasteiger partial charge in [-0.05, 0) is 49.1 Å². The Kier molecular flexibility index (Phi) is 5.12. The fourth-order valence-corrected chi connectivity index (χ4v) is 4.73. The first kappa shape index (κ1) is 18.3. The highest BCUT2D eigenvalue weighted by Gasteiger charge is 2.49. The molecule has 2 saturated heterocycles. The molecule has 6 nitrogen and oxygen atoms in total. The highest BCUT2D eigenvalue weighted by atomic mass is 19.1. The van der Waals surface area contributed by atoms with E-state index in [0.717, 1.165) is 25.7 Å². The summed E-state index contributed by atoms with van der Waals surface area (Å²) in [5.41, 5.74) is 0.0718. The number of amides is 2. The van der Waals surface area contributed by atoms with Crippen LogP contribution in [-0.4, -0.2) is 66.0 Å². The van der Waals surface area contributed by atoms with E-state index in [9.17, 15) is 14.0 Å². The van der Waals surface area contributed by atoms with Crippen LogP contribution in [0.4, 0.5) is 4.39 Å². The summed E-state index contributed by atoms with van der Waals surface area (Å²) in [6, 6.07) is 2.76. The molecular formula is C20H26FN3O3. The maximum atomic E-state index is 13.8. The van der Waals surface area contributed by atoms with Crippen LogP contribution in [0.3, 0.4) is 0 Å². The zero-order chi connectivity index (χ0) is 18.9. The molecule has 2 aliphatic heterocycles. The molecule has 7 heteroatoms. The molecule has 4 rings (SSSR count). The topological polar surface area (TPSA) is 62.7 Å². The van der Waals surface area contributed by atoms with E-state index < -0.39 is 5.82 Å². The number of carbonyl (C=O) groups is 2. The summed E-state index contributed by atoms with van der Waals surface area (Å²) in [6.07, 6.45) is 6.01. The van der Waals surface area contributed by atoms with E-state index >= 15 is 0 Å². The molecule has 1 aliphatic carbocycles. The average molecular weight is 375 g/mol. The molecule has 1 atom stereocenters. The van der Waals surface area contributed by atoms with E-state index in [4.69, 9.17) is 4.74 Å². The van der Waals surface area contributed by atoms with E-state index in [2.05, 4.69) is 4.98 Å². The van der Waals surface area contributed by atoms with E-state index in [0.29, 0.717) is 51.7 Å². The lowest BCUT2D eigenvalue weighted by Gasteiger charge is -2.54. The van der Waals surface area contributed by atoms with Crippen LogP contribution in [0.2, 0.25) is 0 Å². The van der Waals surface area contributed by atoms with Gasteiger partial charge in [-0.3, -0.25) is 9.59 Å². The van der Waals surface area contributed by atoms with Gasteiger partial charge in [0.1, 0.15) is 0 Å². The van der Waals surface area contributed by atoms with Crippen molar-refractivity contribution in [1.29, 1.82) is 0 Å². The Hall–Kier alpha value is -2.02. The van der Waals surface area contributed by atoms with Crippen LogP contribution in [0.5, 0.6) is 0 Å². The number of nitrogens with zero attached hydrogens (tertiary/aromatic N) is 3. The van der Waals surface area contributed by atoms with E-state index in [1.54, 1.807) is 4.90 Å². The van der Waals surface area contributed by atoms with E-state index in [1.165, 1.54) is 18.3 Å². The number of morpholine rings is 1. The van der Waals surface area contributed by atoms with Gasteiger partial charge in [0.2, 0.25) is 5.91 Å². The molecule has 3 fully saturated rings. The predicted octanol–water partition coefficient (Wildman–Crippen LogP) is 2.10. The zero-order valence-electron chi connectivity index (χ0n) is 15.5. The summed E-state index contributed by atoms with van der Waals surface area (Å²) in [6.45, 7) is 3.85. The van der Waals surface area contributed by atoms with Crippen LogP contribution < -0.4 is 0 Å². The van der Waals surface area contributed by atoms with Gasteiger partial charge < -0.3 is 14.5 Å². The van der Waals surface area contributed by atoms with Gasteiger partial charge in [0.25, 0.3) is 5.91 Å². The fourth-order valence-electron chi connectivity index (χ4n) is 4.73. The third kappa shape index (κ3) is 3.57. The van der Waals surface area contributed by atoms with Crippen molar-refractivity contribution in [2.24, 2.45) is 11.3 Å². The molecule has 1 saturated carbocycles. The second kappa shape index (κ2) is 7.54. The number of likely N-dealkylation sites (tertiary alicyclic amines) is 1. The third-order valence-electron chi connectivity index (χ3n) is 6.65. The fraction of sp³-hybridized carbons (Fsp3) is 0.650. The van der Waals surface area contributed by atoms with Crippen LogP contribution in [-0.2, 0) is 9.53 Å². The first-order valence-electron chi connectivity index (χ1n) is 9.84. The van der Waals surface area contributed by atoms with E-state index in [1.807, 2.05) is 4.90 Å². The van der Waals surface area contributed by atoms with Crippen LogP contribution >= 0.6 is 0 Å². The minimum absolute atomic E-state index is 0.0962. The summed E-state index contributed by atoms with van der Waals surface area (Å²) < 4.78 is 19.2. The summed E-state index contributed by atoms with van der Waals surface area (Å²) in [7, 11) is 0. The van der Waals surface area contributed by atoms with Gasteiger partial charge in [-0.25, -0.2) is 9.37 Å². The van der Waals surface area contributed by atoms with Crippen LogP contribution in [0.25, 0.3) is 0 Å². The Morgan fingerprint density at radius 1 is 1.15 bits per heavy atom. The highest BCUT2D eigenvalue weighted by Crippen LogP contribution is 2.55. The highest BCUT2D eigenvalue weighted by molar-refractivity contribution is 5.92. The Balaban J connectivity index is 1.33. The van der Waals surface area contributed by atoms with Crippen molar-refractivity contribution in [2.75, 3.05) is 39.4 Å². The number of aromatic nitrogens is 1. The summed E-state index contributed by atoms with van der Waals surface area (Å²) in [5.74, 6) is -0.267. The largest absolute Gasteiger partial charge is 0.378 e. The number of ether oxygens (including phenoxy) is 1. The maximum Gasteiger partial charge on any atom is 0.275 e. The first-order valence-corrected chi connectivity index (χ1v) is 9.84. The number of hydrogen-bond donors (Lipinski definition) is 0. The minimum Gasteiger partial charge on any atom is -0.378 e. The monoisotopic (exact) mass is 375 g/mol. The molecule has 0 aromatic carbocycles. The lowest BCUT2D eigenvalue weighted by Crippen LogP contribution is -2.52. The molecule has 2 amide bonds. The van der Waals surface area contributed by atoms with Gasteiger partial charge in [-0.2, -0.15) is 0 Å². The number of piperidine rings is 1. The molecular weight excluding hydrogens is 349 g/mol. The molecule has 3 heterocycles. The van der Waals surface area contributed by atoms with Crippen molar-refractivity contribution in [2.45, 2.75) is 32.1 Å². The zero-order valence-corrected chi connectivity index (χ0v) is 15.5. The first-order chi connectivity index (χ1) is 13.1. The van der Waals surface area contributed by atoms with Gasteiger partial charge in [0.05, 0.1) is 13.2 Å². The second-order valence-corrected chi connectivity index (χ2v) is 7.92. The molecule has 146 valence electrons. The molecule has 1 unspecified atom stereocenters. The Bertz CT molecular complexity index is 712. The normalized spacial score (nSPS) is 24.6. The number of carbonyl (C=O) groups excluding carboxylic acids is 2. The molecule has 0 N–H and O–H groups in total. The SMILES string of the molecule is O=C(CC1CCC12CCN(C(=O)c1ncccc1F)CC2)N1CCOCC1. The van der Waals surface area contributed by atoms with Crippen molar-refractivity contribution in [3.8, 4) is 0 Å². The van der Waals surface area contributed by atoms with Crippen molar-refractivity contribution >= 4 is 11.8 Å². The lowest BCUT2D eigenvalue weighted by molar-refractivity contribution is -0.141. The summed E-state index contributed by atoms with van der Waals surface area (Å²) in [5, 5.41) is 0. The Labute approximate surface area is 158 Å². The van der Waals surface area contributed by atoms with E-state index in [-0.39, 0.29) is 22.9 Å². The average Bonchev–Trinajstić information content (AvgIpc) is 2.71. The van der Waals surface area contributed by atoms with Crippen molar-refractivity contribution in [3.05, 3.63) is 29.8 Å². The van der Waals surface area contributed by atoms with Gasteiger partial charge in [0, 0.05) is 38.8 Å². The quantitative estimate of drug-likeness (QED) is 0.812. The summed E-state index contributed by atoms with van der Waals surface area (Å²) in [4.78, 5) is 32.7. The molecule has 3 aliphatic rings. The standard InChI is InChI=1S/C20H26FN3O3/c21-16-2-1-7-22-18(16)19(26)24-8-5-20(6-9-24)4-3-15(20)14-17(25)23-10-12-27-13-11-23/h1-2,7,15H,3-6,8-14H2. The van der Waals surface area contributed by atoms with Gasteiger partial charge in [-0.15, -0.1) is 0 Å². The van der Waals surface area contributed by atoms with Gasteiger partial charge >= 0.3 is 0 Å². The predicted molar refractivity (Wildman–Crippen MR) is 96.5 cm³/mol. The number of pyridine rings is 1. The molecule has 1 spiro atoms. The smallest absolute Gasteiger partial charge is 0.275 e. The molecule has 0 radical (unpaired) electrons. The molecule has 1 aromatic rings. The molecule has 27 heavy (non-hydrogen) atoms. The maximum absolute atomic E-state index is 13.8. The molecule has 1 aromatic heterocycles. The van der Waals surface area contributed by atoms with Gasteiger partial charge in [0.15, 0.2) is 11.5 Å². The third-order valence-corrected chi connectivity index (χ3v) is 6.65. The Morgan fingerprint density at radius 3 is 2.52 bits per heavy atom. The van der Waals surface area contributed by atoms with Gasteiger partial charge in [-0.1, -0.05) is 0 Å². The van der Waals surface area contributed by atoms with Crippen molar-refractivity contribution in [1.82, 2.24) is 14.8 Å². The van der Waals surface area contributed by atoms with Crippen molar-refractivity contribution < 1.29 is 18.7 Å². The van der Waals surface area contributed by atoms with Crippen molar-refractivity contribution in [3.63, 3.8) is 0 Å². The van der Waals surface area contributed by atoms with Crippen LogP contribution in [0, 0.1) is 17.2 Å². The number of hydrogen-bond acceptors (Lipinski definition) is 4. The number of halogens is 1. The van der Waals surface area contributed by atoms with Crippen LogP contribution in [0.1, 0.15) is 42.6 Å². The second-order valence-electron chi connectivity index (χ2n) is 7.92. The summed E-state index contributed by atoms with van der Waals surface area (Å²) >= 11 is 0. The Morgan fingerprint density at radius 2 is 1.89 bits per heavy atom. The number of rotatable bonds is 3.